The second kappa shape index (κ2) is 8.16. The van der Waals surface area contributed by atoms with Gasteiger partial charge in [-0.2, -0.15) is 0 Å². The van der Waals surface area contributed by atoms with Crippen LogP contribution in [0.1, 0.15) is 38.0 Å². The van der Waals surface area contributed by atoms with Crippen LogP contribution in [-0.2, 0) is 11.2 Å². The Bertz CT molecular complexity index is 463. The van der Waals surface area contributed by atoms with Crippen LogP contribution < -0.4 is 5.32 Å². The van der Waals surface area contributed by atoms with Gasteiger partial charge in [0.25, 0.3) is 0 Å². The Morgan fingerprint density at radius 2 is 2.38 bits per heavy atom. The van der Waals surface area contributed by atoms with E-state index in [2.05, 4.69) is 24.1 Å². The average molecular weight is 329 g/mol. The third-order valence-corrected chi connectivity index (χ3v) is 5.20. The Hall–Kier alpha value is -0.580. The van der Waals surface area contributed by atoms with Crippen molar-refractivity contribution in [2.24, 2.45) is 5.92 Å². The highest BCUT2D eigenvalue weighted by molar-refractivity contribution is 7.16. The normalized spacial score (nSPS) is 21.2. The molecule has 2 rings (SSSR count). The monoisotopic (exact) mass is 328 g/mol. The Kier molecular flexibility index (Phi) is 6.52. The molecule has 5 heteroatoms. The van der Waals surface area contributed by atoms with Gasteiger partial charge in [0.15, 0.2) is 0 Å². The molecule has 0 radical (unpaired) electrons. The van der Waals surface area contributed by atoms with Gasteiger partial charge in [-0.15, -0.1) is 11.3 Å². The zero-order valence-corrected chi connectivity index (χ0v) is 14.5. The molecule has 1 N–H and O–H groups in total. The average Bonchev–Trinajstić information content (AvgIpc) is 2.82. The largest absolute Gasteiger partial charge is 0.352 e. The van der Waals surface area contributed by atoms with Crippen molar-refractivity contribution in [2.75, 3.05) is 19.6 Å². The van der Waals surface area contributed by atoms with Gasteiger partial charge in [-0.1, -0.05) is 18.5 Å². The zero-order valence-electron chi connectivity index (χ0n) is 12.9. The second-order valence-electron chi connectivity index (χ2n) is 6.18. The van der Waals surface area contributed by atoms with Crippen LogP contribution in [0.25, 0.3) is 0 Å². The fraction of sp³-hybridized carbons (Fsp3) is 0.688. The summed E-state index contributed by atoms with van der Waals surface area (Å²) in [5, 5.41) is 3.11. The number of piperidine rings is 1. The molecule has 21 heavy (non-hydrogen) atoms. The van der Waals surface area contributed by atoms with Gasteiger partial charge in [0.2, 0.25) is 5.91 Å². The van der Waals surface area contributed by atoms with Crippen molar-refractivity contribution in [3.05, 3.63) is 21.3 Å². The molecule has 1 aliphatic heterocycles. The second-order valence-corrected chi connectivity index (χ2v) is 7.98. The summed E-state index contributed by atoms with van der Waals surface area (Å²) in [6.45, 7) is 7.69. The van der Waals surface area contributed by atoms with E-state index in [1.54, 1.807) is 11.3 Å². The summed E-state index contributed by atoms with van der Waals surface area (Å²) in [4.78, 5) is 15.6. The van der Waals surface area contributed by atoms with Crippen LogP contribution in [0.2, 0.25) is 4.34 Å². The van der Waals surface area contributed by atoms with Crippen LogP contribution in [0.15, 0.2) is 12.1 Å². The minimum absolute atomic E-state index is 0.136. The van der Waals surface area contributed by atoms with Crippen molar-refractivity contribution in [2.45, 2.75) is 45.6 Å². The summed E-state index contributed by atoms with van der Waals surface area (Å²) in [6, 6.07) is 4.10. The molecule has 3 nitrogen and oxygen atoms in total. The maximum Gasteiger partial charge on any atom is 0.220 e. The lowest BCUT2D eigenvalue weighted by molar-refractivity contribution is -0.121. The molecule has 0 aliphatic carbocycles. The van der Waals surface area contributed by atoms with Crippen LogP contribution in [0, 0.1) is 5.92 Å². The quantitative estimate of drug-likeness (QED) is 0.865. The van der Waals surface area contributed by atoms with Gasteiger partial charge in [0, 0.05) is 30.4 Å². The minimum atomic E-state index is 0.136. The van der Waals surface area contributed by atoms with E-state index >= 15 is 0 Å². The standard InChI is InChI=1S/C16H25ClN2OS/c1-12-4-3-9-19(10-12)11-13(2)18-16(20)8-6-14-5-7-15(17)21-14/h5,7,12-13H,3-4,6,8-11H2,1-2H3,(H,18,20)/t12-,13+/m0/s1. The molecule has 1 aromatic heterocycles. The lowest BCUT2D eigenvalue weighted by Crippen LogP contribution is -2.45. The van der Waals surface area contributed by atoms with Crippen LogP contribution >= 0.6 is 22.9 Å². The molecule has 0 unspecified atom stereocenters. The number of aryl methyl sites for hydroxylation is 1. The smallest absolute Gasteiger partial charge is 0.220 e. The number of rotatable bonds is 6. The predicted octanol–water partition coefficient (Wildman–Crippen LogP) is 3.57. The fourth-order valence-corrected chi connectivity index (χ4v) is 4.04. The molecule has 0 spiro atoms. The molecule has 1 fully saturated rings. The number of likely N-dealkylation sites (tertiary alicyclic amines) is 1. The van der Waals surface area contributed by atoms with E-state index in [0.717, 1.165) is 36.3 Å². The van der Waals surface area contributed by atoms with Gasteiger partial charge in [0.1, 0.15) is 0 Å². The Morgan fingerprint density at radius 3 is 3.05 bits per heavy atom. The van der Waals surface area contributed by atoms with E-state index in [0.29, 0.717) is 6.42 Å². The van der Waals surface area contributed by atoms with Crippen molar-refractivity contribution < 1.29 is 4.79 Å². The first-order chi connectivity index (χ1) is 10.0. The van der Waals surface area contributed by atoms with Gasteiger partial charge in [-0.05, 0) is 50.8 Å². The van der Waals surface area contributed by atoms with E-state index in [9.17, 15) is 4.79 Å². The lowest BCUT2D eigenvalue weighted by Gasteiger charge is -2.32. The topological polar surface area (TPSA) is 32.3 Å². The number of halogens is 1. The number of hydrogen-bond donors (Lipinski definition) is 1. The molecule has 0 aromatic carbocycles. The first-order valence-electron chi connectivity index (χ1n) is 7.79. The van der Waals surface area contributed by atoms with Crippen molar-refractivity contribution in [1.29, 1.82) is 0 Å². The molecule has 1 amide bonds. The number of carbonyl (C=O) groups is 1. The van der Waals surface area contributed by atoms with E-state index in [-0.39, 0.29) is 11.9 Å². The highest BCUT2D eigenvalue weighted by atomic mass is 35.5. The van der Waals surface area contributed by atoms with E-state index < -0.39 is 0 Å². The lowest BCUT2D eigenvalue weighted by atomic mass is 10.00. The molecule has 1 aliphatic rings. The summed E-state index contributed by atoms with van der Waals surface area (Å²) in [7, 11) is 0. The van der Waals surface area contributed by atoms with Crippen molar-refractivity contribution in [3.8, 4) is 0 Å². The highest BCUT2D eigenvalue weighted by Gasteiger charge is 2.18. The summed E-state index contributed by atoms with van der Waals surface area (Å²) < 4.78 is 0.790. The molecular weight excluding hydrogens is 304 g/mol. The Morgan fingerprint density at radius 1 is 1.57 bits per heavy atom. The number of carbonyl (C=O) groups excluding carboxylic acids is 1. The zero-order chi connectivity index (χ0) is 15.2. The molecule has 118 valence electrons. The molecule has 1 saturated heterocycles. The van der Waals surface area contributed by atoms with Crippen molar-refractivity contribution in [3.63, 3.8) is 0 Å². The van der Waals surface area contributed by atoms with E-state index in [1.165, 1.54) is 17.7 Å². The summed E-state index contributed by atoms with van der Waals surface area (Å²) in [5.41, 5.74) is 0. The molecule has 1 aromatic rings. The number of nitrogens with one attached hydrogen (secondary N) is 1. The van der Waals surface area contributed by atoms with Gasteiger partial charge in [0.05, 0.1) is 4.34 Å². The number of amides is 1. The molecule has 0 saturated carbocycles. The summed E-state index contributed by atoms with van der Waals surface area (Å²) in [5.74, 6) is 0.919. The maximum absolute atomic E-state index is 12.0. The first-order valence-corrected chi connectivity index (χ1v) is 8.98. The summed E-state index contributed by atoms with van der Waals surface area (Å²) in [6.07, 6.45) is 3.93. The van der Waals surface area contributed by atoms with Crippen LogP contribution in [-0.4, -0.2) is 36.5 Å². The highest BCUT2D eigenvalue weighted by Crippen LogP contribution is 2.22. The maximum atomic E-state index is 12.0. The minimum Gasteiger partial charge on any atom is -0.352 e. The first kappa shape index (κ1) is 16.8. The molecular formula is C16H25ClN2OS. The van der Waals surface area contributed by atoms with Crippen LogP contribution in [0.3, 0.4) is 0 Å². The summed E-state index contributed by atoms with van der Waals surface area (Å²) >= 11 is 7.45. The third kappa shape index (κ3) is 5.97. The number of hydrogen-bond acceptors (Lipinski definition) is 3. The van der Waals surface area contributed by atoms with Gasteiger partial charge >= 0.3 is 0 Å². The fourth-order valence-electron chi connectivity index (χ4n) is 2.96. The van der Waals surface area contributed by atoms with E-state index in [4.69, 9.17) is 11.6 Å². The Labute approximate surface area is 136 Å². The number of nitrogens with zero attached hydrogens (tertiary/aromatic N) is 1. The number of thiophene rings is 1. The molecule has 2 heterocycles. The van der Waals surface area contributed by atoms with Crippen LogP contribution in [0.4, 0.5) is 0 Å². The van der Waals surface area contributed by atoms with Gasteiger partial charge in [-0.3, -0.25) is 4.79 Å². The van der Waals surface area contributed by atoms with Crippen LogP contribution in [0.5, 0.6) is 0 Å². The SMILES string of the molecule is C[C@H]1CCCN(C[C@@H](C)NC(=O)CCc2ccc(Cl)s2)C1. The van der Waals surface area contributed by atoms with Gasteiger partial charge < -0.3 is 10.2 Å². The predicted molar refractivity (Wildman–Crippen MR) is 90.1 cm³/mol. The van der Waals surface area contributed by atoms with Crippen molar-refractivity contribution >= 4 is 28.8 Å². The Balaban J connectivity index is 1.66. The van der Waals surface area contributed by atoms with Gasteiger partial charge in [-0.25, -0.2) is 0 Å². The van der Waals surface area contributed by atoms with Crippen molar-refractivity contribution in [1.82, 2.24) is 10.2 Å². The molecule has 0 bridgehead atoms. The third-order valence-electron chi connectivity index (χ3n) is 3.91. The van der Waals surface area contributed by atoms with E-state index in [1.807, 2.05) is 12.1 Å². The molecule has 2 atom stereocenters.